The number of ether oxygens (including phenoxy) is 2. The summed E-state index contributed by atoms with van der Waals surface area (Å²) in [5.41, 5.74) is 2.10. The number of esters is 1. The molecule has 0 aliphatic carbocycles. The number of hydrogen-bond acceptors (Lipinski definition) is 3. The van der Waals surface area contributed by atoms with Crippen molar-refractivity contribution in [3.63, 3.8) is 0 Å². The van der Waals surface area contributed by atoms with Crippen LogP contribution in [0.2, 0.25) is 5.02 Å². The molecule has 5 heteroatoms. The van der Waals surface area contributed by atoms with Crippen LogP contribution in [0, 0.1) is 5.82 Å². The Morgan fingerprint density at radius 1 is 1.22 bits per heavy atom. The molecule has 0 spiro atoms. The fourth-order valence-electron chi connectivity index (χ4n) is 2.59. The zero-order valence-electron chi connectivity index (χ0n) is 12.6. The minimum atomic E-state index is -0.456. The average Bonchev–Trinajstić information content (AvgIpc) is 2.53. The highest BCUT2D eigenvalue weighted by atomic mass is 35.5. The summed E-state index contributed by atoms with van der Waals surface area (Å²) >= 11 is 5.82. The van der Waals surface area contributed by atoms with Gasteiger partial charge in [0.25, 0.3) is 0 Å². The normalized spacial score (nSPS) is 16.2. The third kappa shape index (κ3) is 2.94. The Bertz CT molecular complexity index is 814. The molecule has 1 aliphatic rings. The van der Waals surface area contributed by atoms with E-state index in [1.807, 2.05) is 13.0 Å². The lowest BCUT2D eigenvalue weighted by atomic mass is 9.92. The van der Waals surface area contributed by atoms with Crippen LogP contribution in [0.3, 0.4) is 0 Å². The summed E-state index contributed by atoms with van der Waals surface area (Å²) < 4.78 is 24.8. The lowest BCUT2D eigenvalue weighted by Gasteiger charge is -2.24. The molecule has 1 atom stereocenters. The molecular weight excluding hydrogens is 319 g/mol. The summed E-state index contributed by atoms with van der Waals surface area (Å²) in [4.78, 5) is 11.7. The number of rotatable bonds is 2. The Hall–Kier alpha value is -2.33. The van der Waals surface area contributed by atoms with Crippen LogP contribution in [0.5, 0.6) is 5.75 Å². The second-order valence-corrected chi connectivity index (χ2v) is 5.67. The summed E-state index contributed by atoms with van der Waals surface area (Å²) in [6.45, 7) is 1.87. The zero-order chi connectivity index (χ0) is 16.6. The number of benzene rings is 2. The summed E-state index contributed by atoms with van der Waals surface area (Å²) in [5.74, 6) is -0.286. The molecule has 0 N–H and O–H groups in total. The van der Waals surface area contributed by atoms with Gasteiger partial charge in [0.1, 0.15) is 17.7 Å². The Balaban J connectivity index is 2.16. The molecule has 1 aliphatic heterocycles. The van der Waals surface area contributed by atoms with Crippen LogP contribution in [0.15, 0.2) is 42.5 Å². The predicted molar refractivity (Wildman–Crippen MR) is 86.4 cm³/mol. The second kappa shape index (κ2) is 6.05. The highest BCUT2D eigenvalue weighted by Gasteiger charge is 2.23. The van der Waals surface area contributed by atoms with E-state index in [1.165, 1.54) is 13.2 Å². The van der Waals surface area contributed by atoms with Crippen molar-refractivity contribution in [2.75, 3.05) is 7.11 Å². The first-order valence-electron chi connectivity index (χ1n) is 7.06. The van der Waals surface area contributed by atoms with E-state index in [4.69, 9.17) is 21.1 Å². The molecule has 23 heavy (non-hydrogen) atoms. The van der Waals surface area contributed by atoms with Gasteiger partial charge in [0.15, 0.2) is 0 Å². The Morgan fingerprint density at radius 2 is 2.00 bits per heavy atom. The van der Waals surface area contributed by atoms with Crippen molar-refractivity contribution < 1.29 is 18.7 Å². The number of fused-ring (bicyclic) bond motifs is 1. The van der Waals surface area contributed by atoms with Gasteiger partial charge in [0.05, 0.1) is 12.7 Å². The van der Waals surface area contributed by atoms with E-state index < -0.39 is 11.8 Å². The third-order valence-corrected chi connectivity index (χ3v) is 3.86. The molecule has 1 unspecified atom stereocenters. The van der Waals surface area contributed by atoms with Crippen molar-refractivity contribution in [3.05, 3.63) is 70.0 Å². The van der Waals surface area contributed by atoms with Crippen LogP contribution in [-0.2, 0) is 4.74 Å². The zero-order valence-corrected chi connectivity index (χ0v) is 13.4. The average molecular weight is 333 g/mol. The lowest BCUT2D eigenvalue weighted by Crippen LogP contribution is -2.16. The van der Waals surface area contributed by atoms with Crippen LogP contribution in [0.4, 0.5) is 4.39 Å². The first-order chi connectivity index (χ1) is 11.0. The largest absolute Gasteiger partial charge is 0.486 e. The quantitative estimate of drug-likeness (QED) is 0.761. The van der Waals surface area contributed by atoms with E-state index >= 15 is 0 Å². The minimum absolute atomic E-state index is 0.212. The second-order valence-electron chi connectivity index (χ2n) is 5.23. The molecule has 2 aromatic rings. The minimum Gasteiger partial charge on any atom is -0.486 e. The van der Waals surface area contributed by atoms with Gasteiger partial charge in [-0.1, -0.05) is 11.6 Å². The molecule has 3 rings (SSSR count). The topological polar surface area (TPSA) is 35.5 Å². The van der Waals surface area contributed by atoms with Gasteiger partial charge < -0.3 is 9.47 Å². The van der Waals surface area contributed by atoms with Crippen LogP contribution >= 0.6 is 11.6 Å². The molecule has 3 nitrogen and oxygen atoms in total. The van der Waals surface area contributed by atoms with Crippen molar-refractivity contribution in [2.45, 2.75) is 13.0 Å². The molecule has 0 saturated heterocycles. The first-order valence-corrected chi connectivity index (χ1v) is 7.44. The van der Waals surface area contributed by atoms with E-state index in [2.05, 4.69) is 0 Å². The van der Waals surface area contributed by atoms with Crippen LogP contribution in [0.25, 0.3) is 5.57 Å². The number of hydrogen-bond donors (Lipinski definition) is 0. The van der Waals surface area contributed by atoms with E-state index in [0.717, 1.165) is 0 Å². The molecule has 2 aromatic carbocycles. The maximum absolute atomic E-state index is 14.3. The van der Waals surface area contributed by atoms with E-state index in [1.54, 1.807) is 30.3 Å². The number of halogens is 2. The maximum atomic E-state index is 14.3. The molecule has 0 fully saturated rings. The van der Waals surface area contributed by atoms with Crippen LogP contribution in [-0.4, -0.2) is 19.2 Å². The van der Waals surface area contributed by atoms with Crippen molar-refractivity contribution >= 4 is 23.1 Å². The maximum Gasteiger partial charge on any atom is 0.337 e. The van der Waals surface area contributed by atoms with Gasteiger partial charge in [-0.15, -0.1) is 0 Å². The fourth-order valence-corrected chi connectivity index (χ4v) is 2.75. The van der Waals surface area contributed by atoms with Gasteiger partial charge >= 0.3 is 5.97 Å². The van der Waals surface area contributed by atoms with E-state index in [9.17, 15) is 9.18 Å². The Kier molecular flexibility index (Phi) is 4.09. The predicted octanol–water partition coefficient (Wildman–Crippen LogP) is 4.48. The smallest absolute Gasteiger partial charge is 0.337 e. The molecule has 0 bridgehead atoms. The summed E-state index contributed by atoms with van der Waals surface area (Å²) in [5, 5.41) is 0.329. The number of carbonyl (C=O) groups excluding carboxylic acids is 1. The summed E-state index contributed by atoms with van der Waals surface area (Å²) in [6, 6.07) is 9.48. The van der Waals surface area contributed by atoms with Gasteiger partial charge in [-0.3, -0.25) is 0 Å². The van der Waals surface area contributed by atoms with Crippen molar-refractivity contribution in [1.82, 2.24) is 0 Å². The van der Waals surface area contributed by atoms with E-state index in [-0.39, 0.29) is 6.10 Å². The Labute approximate surface area is 138 Å². The number of methoxy groups -OCH3 is 1. The molecule has 1 heterocycles. The first kappa shape index (κ1) is 15.6. The highest BCUT2D eigenvalue weighted by molar-refractivity contribution is 6.30. The van der Waals surface area contributed by atoms with Gasteiger partial charge in [0, 0.05) is 16.1 Å². The molecule has 0 amide bonds. The molecular formula is C18H14ClFO3. The van der Waals surface area contributed by atoms with Gasteiger partial charge in [-0.25, -0.2) is 9.18 Å². The number of carbonyl (C=O) groups is 1. The molecule has 0 radical (unpaired) electrons. The standard InChI is InChI=1S/C18H14ClFO3/c1-10-7-14(13-5-4-12(19)9-16(13)20)15-8-11(18(21)22-2)3-6-17(15)23-10/h3-10H,1-2H3. The van der Waals surface area contributed by atoms with Gasteiger partial charge in [-0.05, 0) is 55.0 Å². The van der Waals surface area contributed by atoms with Crippen molar-refractivity contribution in [2.24, 2.45) is 0 Å². The van der Waals surface area contributed by atoms with Gasteiger partial charge in [-0.2, -0.15) is 0 Å². The highest BCUT2D eigenvalue weighted by Crippen LogP contribution is 2.38. The molecule has 0 saturated carbocycles. The lowest BCUT2D eigenvalue weighted by molar-refractivity contribution is 0.0600. The summed E-state index contributed by atoms with van der Waals surface area (Å²) in [6.07, 6.45) is 1.60. The van der Waals surface area contributed by atoms with Crippen LogP contribution < -0.4 is 4.74 Å². The SMILES string of the molecule is COC(=O)c1ccc2c(c1)C(c1ccc(Cl)cc1F)=CC(C)O2. The Morgan fingerprint density at radius 3 is 2.70 bits per heavy atom. The fraction of sp³-hybridized carbons (Fsp3) is 0.167. The summed E-state index contributed by atoms with van der Waals surface area (Å²) in [7, 11) is 1.32. The monoisotopic (exact) mass is 332 g/mol. The van der Waals surface area contributed by atoms with Crippen LogP contribution in [0.1, 0.15) is 28.4 Å². The van der Waals surface area contributed by atoms with Crippen molar-refractivity contribution in [3.8, 4) is 5.75 Å². The van der Waals surface area contributed by atoms with E-state index in [0.29, 0.717) is 33.0 Å². The van der Waals surface area contributed by atoms with Crippen molar-refractivity contribution in [1.29, 1.82) is 0 Å². The molecule has 0 aromatic heterocycles. The van der Waals surface area contributed by atoms with Gasteiger partial charge in [0.2, 0.25) is 0 Å². The molecule has 118 valence electrons. The third-order valence-electron chi connectivity index (χ3n) is 3.63.